The maximum absolute atomic E-state index is 12.0. The minimum atomic E-state index is -3.46. The summed E-state index contributed by atoms with van der Waals surface area (Å²) in [6.45, 7) is 0. The van der Waals surface area contributed by atoms with E-state index in [9.17, 15) is 13.2 Å². The Morgan fingerprint density at radius 3 is 2.28 bits per heavy atom. The molecular formula is C12H21NO4S. The summed E-state index contributed by atoms with van der Waals surface area (Å²) in [5.41, 5.74) is 0. The molecule has 2 saturated carbocycles. The van der Waals surface area contributed by atoms with E-state index in [1.165, 1.54) is 6.42 Å². The van der Waals surface area contributed by atoms with Crippen LogP contribution in [-0.2, 0) is 14.8 Å². The van der Waals surface area contributed by atoms with Gasteiger partial charge >= 0.3 is 5.97 Å². The molecule has 104 valence electrons. The van der Waals surface area contributed by atoms with Gasteiger partial charge in [0.25, 0.3) is 0 Å². The molecule has 0 amide bonds. The summed E-state index contributed by atoms with van der Waals surface area (Å²) in [5.74, 6) is -0.776. The van der Waals surface area contributed by atoms with Crippen LogP contribution in [0.1, 0.15) is 44.9 Å². The van der Waals surface area contributed by atoms with Gasteiger partial charge in [0.1, 0.15) is 6.04 Å². The molecule has 0 saturated heterocycles. The lowest BCUT2D eigenvalue weighted by atomic mass is 9.91. The molecule has 0 aromatic carbocycles. The molecule has 1 unspecified atom stereocenters. The SMILES string of the molecule is O=C(O)C(NS(=O)(=O)CC1CCCCC1)C1CC1. The molecule has 0 aliphatic heterocycles. The zero-order chi connectivity index (χ0) is 13.2. The van der Waals surface area contributed by atoms with Crippen molar-refractivity contribution in [3.8, 4) is 0 Å². The number of carbonyl (C=O) groups is 1. The average Bonchev–Trinajstić information content (AvgIpc) is 3.10. The fourth-order valence-corrected chi connectivity index (χ4v) is 4.41. The molecule has 5 nitrogen and oxygen atoms in total. The van der Waals surface area contributed by atoms with Gasteiger partial charge in [0.2, 0.25) is 10.0 Å². The van der Waals surface area contributed by atoms with Crippen LogP contribution in [0.15, 0.2) is 0 Å². The molecule has 0 spiro atoms. The molecule has 0 bridgehead atoms. The topological polar surface area (TPSA) is 83.5 Å². The second-order valence-corrected chi connectivity index (χ2v) is 7.36. The summed E-state index contributed by atoms with van der Waals surface area (Å²) in [4.78, 5) is 11.0. The second kappa shape index (κ2) is 5.57. The minimum absolute atomic E-state index is 0.0105. The molecule has 2 N–H and O–H groups in total. The lowest BCUT2D eigenvalue weighted by Crippen LogP contribution is -2.44. The van der Waals surface area contributed by atoms with Crippen molar-refractivity contribution in [1.82, 2.24) is 4.72 Å². The van der Waals surface area contributed by atoms with E-state index in [0.717, 1.165) is 38.5 Å². The number of rotatable bonds is 6. The number of hydrogen-bond donors (Lipinski definition) is 2. The Hall–Kier alpha value is -0.620. The van der Waals surface area contributed by atoms with Crippen LogP contribution in [0.4, 0.5) is 0 Å². The predicted octanol–water partition coefficient (Wildman–Crippen LogP) is 1.35. The van der Waals surface area contributed by atoms with Crippen molar-refractivity contribution < 1.29 is 18.3 Å². The molecule has 1 atom stereocenters. The summed E-state index contributed by atoms with van der Waals surface area (Å²) in [7, 11) is -3.46. The van der Waals surface area contributed by atoms with Gasteiger partial charge < -0.3 is 5.11 Å². The second-order valence-electron chi connectivity index (χ2n) is 5.56. The number of nitrogens with one attached hydrogen (secondary N) is 1. The largest absolute Gasteiger partial charge is 0.480 e. The van der Waals surface area contributed by atoms with Gasteiger partial charge in [-0.2, -0.15) is 0 Å². The Labute approximate surface area is 108 Å². The third-order valence-corrected chi connectivity index (χ3v) is 5.37. The monoisotopic (exact) mass is 275 g/mol. The van der Waals surface area contributed by atoms with E-state index in [0.29, 0.717) is 0 Å². The van der Waals surface area contributed by atoms with Crippen LogP contribution in [-0.4, -0.2) is 31.3 Å². The Kier molecular flexibility index (Phi) is 4.27. The first-order valence-corrected chi connectivity index (χ1v) is 8.36. The van der Waals surface area contributed by atoms with Crippen LogP contribution >= 0.6 is 0 Å². The number of sulfonamides is 1. The van der Waals surface area contributed by atoms with Gasteiger partial charge in [-0.1, -0.05) is 19.3 Å². The Morgan fingerprint density at radius 1 is 1.17 bits per heavy atom. The van der Waals surface area contributed by atoms with Gasteiger partial charge in [-0.15, -0.1) is 0 Å². The molecule has 0 heterocycles. The van der Waals surface area contributed by atoms with E-state index >= 15 is 0 Å². The summed E-state index contributed by atoms with van der Waals surface area (Å²) in [5, 5.41) is 9.03. The lowest BCUT2D eigenvalue weighted by Gasteiger charge is -2.22. The molecule has 2 aliphatic rings. The smallest absolute Gasteiger partial charge is 0.322 e. The molecule has 0 radical (unpaired) electrons. The summed E-state index contributed by atoms with van der Waals surface area (Å²) in [6, 6.07) is -0.918. The molecular weight excluding hydrogens is 254 g/mol. The van der Waals surface area contributed by atoms with Gasteiger partial charge in [-0.3, -0.25) is 4.79 Å². The zero-order valence-corrected chi connectivity index (χ0v) is 11.3. The Balaban J connectivity index is 1.90. The van der Waals surface area contributed by atoms with Crippen LogP contribution in [0.5, 0.6) is 0 Å². The van der Waals surface area contributed by atoms with E-state index in [-0.39, 0.29) is 17.6 Å². The van der Waals surface area contributed by atoms with Crippen LogP contribution in [0.2, 0.25) is 0 Å². The van der Waals surface area contributed by atoms with Crippen LogP contribution in [0.25, 0.3) is 0 Å². The van der Waals surface area contributed by atoms with Crippen molar-refractivity contribution in [3.05, 3.63) is 0 Å². The van der Waals surface area contributed by atoms with Crippen molar-refractivity contribution >= 4 is 16.0 Å². The van der Waals surface area contributed by atoms with E-state index in [1.807, 2.05) is 0 Å². The highest BCUT2D eigenvalue weighted by molar-refractivity contribution is 7.89. The van der Waals surface area contributed by atoms with Crippen LogP contribution < -0.4 is 4.72 Å². The van der Waals surface area contributed by atoms with Gasteiger partial charge in [-0.05, 0) is 37.5 Å². The van der Waals surface area contributed by atoms with Crippen molar-refractivity contribution in [2.45, 2.75) is 51.0 Å². The number of hydrogen-bond acceptors (Lipinski definition) is 3. The van der Waals surface area contributed by atoms with Gasteiger partial charge in [0.15, 0.2) is 0 Å². The first kappa shape index (κ1) is 13.8. The maximum atomic E-state index is 12.0. The highest BCUT2D eigenvalue weighted by Gasteiger charge is 2.39. The molecule has 6 heteroatoms. The van der Waals surface area contributed by atoms with Crippen molar-refractivity contribution in [3.63, 3.8) is 0 Å². The van der Waals surface area contributed by atoms with E-state index < -0.39 is 22.0 Å². The highest BCUT2D eigenvalue weighted by atomic mass is 32.2. The number of carboxylic acid groups (broad SMARTS) is 1. The lowest BCUT2D eigenvalue weighted by molar-refractivity contribution is -0.139. The average molecular weight is 275 g/mol. The fraction of sp³-hybridized carbons (Fsp3) is 0.917. The first-order chi connectivity index (χ1) is 8.48. The zero-order valence-electron chi connectivity index (χ0n) is 10.5. The van der Waals surface area contributed by atoms with Crippen molar-refractivity contribution in [2.75, 3.05) is 5.75 Å². The van der Waals surface area contributed by atoms with Gasteiger partial charge in [-0.25, -0.2) is 13.1 Å². The van der Waals surface area contributed by atoms with E-state index in [1.54, 1.807) is 0 Å². The summed E-state index contributed by atoms with van der Waals surface area (Å²) >= 11 is 0. The van der Waals surface area contributed by atoms with E-state index in [4.69, 9.17) is 5.11 Å². The van der Waals surface area contributed by atoms with Crippen LogP contribution in [0, 0.1) is 11.8 Å². The predicted molar refractivity (Wildman–Crippen MR) is 67.6 cm³/mol. The third kappa shape index (κ3) is 3.95. The molecule has 2 aliphatic carbocycles. The molecule has 18 heavy (non-hydrogen) atoms. The molecule has 2 fully saturated rings. The number of aliphatic carboxylic acids is 1. The first-order valence-electron chi connectivity index (χ1n) is 6.71. The fourth-order valence-electron chi connectivity index (χ4n) is 2.68. The molecule has 0 aromatic heterocycles. The standard InChI is InChI=1S/C12H21NO4S/c14-12(15)11(10-6-7-10)13-18(16,17)8-9-4-2-1-3-5-9/h9-11,13H,1-8H2,(H,14,15). The quantitative estimate of drug-likeness (QED) is 0.766. The van der Waals surface area contributed by atoms with Crippen molar-refractivity contribution in [1.29, 1.82) is 0 Å². The Bertz CT molecular complexity index is 396. The minimum Gasteiger partial charge on any atom is -0.480 e. The van der Waals surface area contributed by atoms with Gasteiger partial charge in [0, 0.05) is 0 Å². The normalized spacial score (nSPS) is 23.8. The van der Waals surface area contributed by atoms with Crippen LogP contribution in [0.3, 0.4) is 0 Å². The highest BCUT2D eigenvalue weighted by Crippen LogP contribution is 2.33. The molecule has 0 aromatic rings. The Morgan fingerprint density at radius 2 is 1.78 bits per heavy atom. The summed E-state index contributed by atoms with van der Waals surface area (Å²) < 4.78 is 26.3. The summed E-state index contributed by atoms with van der Waals surface area (Å²) in [6.07, 6.45) is 6.87. The van der Waals surface area contributed by atoms with Crippen molar-refractivity contribution in [2.24, 2.45) is 11.8 Å². The maximum Gasteiger partial charge on any atom is 0.322 e. The van der Waals surface area contributed by atoms with E-state index in [2.05, 4.69) is 4.72 Å². The number of carboxylic acids is 1. The molecule has 2 rings (SSSR count). The van der Waals surface area contributed by atoms with Gasteiger partial charge in [0.05, 0.1) is 5.75 Å². The third-order valence-electron chi connectivity index (χ3n) is 3.85.